The Labute approximate surface area is 129 Å². The van der Waals surface area contributed by atoms with Crippen LogP contribution in [0.15, 0.2) is 24.4 Å². The van der Waals surface area contributed by atoms with E-state index in [1.165, 1.54) is 0 Å². The van der Waals surface area contributed by atoms with Gasteiger partial charge in [0.05, 0.1) is 17.3 Å². The third-order valence-corrected chi connectivity index (χ3v) is 4.31. The van der Waals surface area contributed by atoms with Crippen LogP contribution in [0, 0.1) is 0 Å². The summed E-state index contributed by atoms with van der Waals surface area (Å²) in [7, 11) is 0. The molecule has 0 saturated heterocycles. The standard InChI is InChI=1S/C17H20N2O3/c1-2-5-11-10-14-12(17(21)22)6-4-9-19(14)15(11)16(20)13-7-3-8-18-13/h3,7-8,10,12,18H,2,4-6,9H2,1H3,(H,21,22). The van der Waals surface area contributed by atoms with Gasteiger partial charge in [0.1, 0.15) is 0 Å². The highest BCUT2D eigenvalue weighted by Gasteiger charge is 2.32. The Kier molecular flexibility index (Phi) is 3.88. The lowest BCUT2D eigenvalue weighted by Crippen LogP contribution is -2.24. The lowest BCUT2D eigenvalue weighted by Gasteiger charge is -2.23. The van der Waals surface area contributed by atoms with Crippen molar-refractivity contribution in [3.63, 3.8) is 0 Å². The van der Waals surface area contributed by atoms with Gasteiger partial charge < -0.3 is 14.7 Å². The topological polar surface area (TPSA) is 75.1 Å². The lowest BCUT2D eigenvalue weighted by molar-refractivity contribution is -0.139. The van der Waals surface area contributed by atoms with Crippen LogP contribution in [0.4, 0.5) is 0 Å². The van der Waals surface area contributed by atoms with E-state index in [1.807, 2.05) is 10.6 Å². The van der Waals surface area contributed by atoms with Crippen LogP contribution in [-0.4, -0.2) is 26.4 Å². The Bertz CT molecular complexity index is 698. The first kappa shape index (κ1) is 14.6. The van der Waals surface area contributed by atoms with Gasteiger partial charge >= 0.3 is 5.97 Å². The first-order valence-electron chi connectivity index (χ1n) is 7.76. The van der Waals surface area contributed by atoms with Gasteiger partial charge in [-0.2, -0.15) is 0 Å². The molecule has 0 fully saturated rings. The molecule has 2 aromatic rings. The molecule has 1 atom stereocenters. The zero-order valence-corrected chi connectivity index (χ0v) is 12.6. The van der Waals surface area contributed by atoms with Crippen LogP contribution < -0.4 is 0 Å². The van der Waals surface area contributed by atoms with Crippen LogP contribution in [0.1, 0.15) is 59.5 Å². The summed E-state index contributed by atoms with van der Waals surface area (Å²) in [6.07, 6.45) is 4.86. The number of carbonyl (C=O) groups is 2. The number of carboxylic acids is 1. The summed E-state index contributed by atoms with van der Waals surface area (Å²) in [4.78, 5) is 27.3. The summed E-state index contributed by atoms with van der Waals surface area (Å²) in [5.41, 5.74) is 2.95. The summed E-state index contributed by atoms with van der Waals surface area (Å²) in [6.45, 7) is 2.78. The van der Waals surface area contributed by atoms with Crippen molar-refractivity contribution >= 4 is 11.8 Å². The second-order valence-electron chi connectivity index (χ2n) is 5.79. The van der Waals surface area contributed by atoms with E-state index in [4.69, 9.17) is 0 Å². The number of fused-ring (bicyclic) bond motifs is 1. The van der Waals surface area contributed by atoms with Gasteiger partial charge in [-0.3, -0.25) is 9.59 Å². The quantitative estimate of drug-likeness (QED) is 0.834. The van der Waals surface area contributed by atoms with Gasteiger partial charge in [-0.1, -0.05) is 13.3 Å². The van der Waals surface area contributed by atoms with Crippen molar-refractivity contribution in [2.75, 3.05) is 0 Å². The molecule has 0 saturated carbocycles. The van der Waals surface area contributed by atoms with Crippen LogP contribution in [0.25, 0.3) is 0 Å². The maximum Gasteiger partial charge on any atom is 0.312 e. The van der Waals surface area contributed by atoms with Crippen LogP contribution >= 0.6 is 0 Å². The molecule has 0 aromatic carbocycles. The fourth-order valence-corrected chi connectivity index (χ4v) is 3.34. The van der Waals surface area contributed by atoms with E-state index < -0.39 is 11.9 Å². The van der Waals surface area contributed by atoms with Gasteiger partial charge in [-0.25, -0.2) is 0 Å². The van der Waals surface area contributed by atoms with Crippen LogP contribution in [0.3, 0.4) is 0 Å². The number of aliphatic carboxylic acids is 1. The Morgan fingerprint density at radius 3 is 2.91 bits per heavy atom. The Balaban J connectivity index is 2.12. The fraction of sp³-hybridized carbons (Fsp3) is 0.412. The molecule has 5 heteroatoms. The molecule has 3 rings (SSSR count). The van der Waals surface area contributed by atoms with Gasteiger partial charge in [0.25, 0.3) is 0 Å². The van der Waals surface area contributed by atoms with Gasteiger partial charge in [0.2, 0.25) is 5.78 Å². The van der Waals surface area contributed by atoms with Crippen molar-refractivity contribution in [1.82, 2.24) is 9.55 Å². The molecule has 2 N–H and O–H groups in total. The van der Waals surface area contributed by atoms with Crippen molar-refractivity contribution in [3.05, 3.63) is 47.0 Å². The van der Waals surface area contributed by atoms with E-state index in [0.717, 1.165) is 30.5 Å². The summed E-state index contributed by atoms with van der Waals surface area (Å²) in [6, 6.07) is 5.49. The predicted octanol–water partition coefficient (Wildman–Crippen LogP) is 2.96. The molecule has 2 aromatic heterocycles. The minimum absolute atomic E-state index is 0.0502. The predicted molar refractivity (Wildman–Crippen MR) is 82.3 cm³/mol. The summed E-state index contributed by atoms with van der Waals surface area (Å²) in [5, 5.41) is 9.43. The van der Waals surface area contributed by atoms with Gasteiger partial charge in [0.15, 0.2) is 0 Å². The molecule has 0 spiro atoms. The zero-order chi connectivity index (χ0) is 15.7. The van der Waals surface area contributed by atoms with E-state index in [2.05, 4.69) is 11.9 Å². The Morgan fingerprint density at radius 1 is 1.45 bits per heavy atom. The third-order valence-electron chi connectivity index (χ3n) is 4.31. The number of hydrogen-bond acceptors (Lipinski definition) is 2. The molecule has 0 amide bonds. The highest BCUT2D eigenvalue weighted by molar-refractivity contribution is 6.08. The molecular weight excluding hydrogens is 280 g/mol. The maximum absolute atomic E-state index is 12.8. The lowest BCUT2D eigenvalue weighted by atomic mass is 9.96. The average Bonchev–Trinajstić information content (AvgIpc) is 3.13. The van der Waals surface area contributed by atoms with Gasteiger partial charge in [-0.15, -0.1) is 0 Å². The van der Waals surface area contributed by atoms with Crippen molar-refractivity contribution in [1.29, 1.82) is 0 Å². The van der Waals surface area contributed by atoms with Crippen molar-refractivity contribution in [2.24, 2.45) is 0 Å². The summed E-state index contributed by atoms with van der Waals surface area (Å²) >= 11 is 0. The largest absolute Gasteiger partial charge is 0.481 e. The number of nitrogens with zero attached hydrogens (tertiary/aromatic N) is 1. The van der Waals surface area contributed by atoms with Gasteiger partial charge in [0, 0.05) is 18.4 Å². The first-order valence-corrected chi connectivity index (χ1v) is 7.76. The number of aryl methyl sites for hydroxylation is 1. The number of aromatic amines is 1. The molecule has 3 heterocycles. The second-order valence-corrected chi connectivity index (χ2v) is 5.79. The van der Waals surface area contributed by atoms with E-state index in [9.17, 15) is 14.7 Å². The molecule has 0 aliphatic carbocycles. The molecule has 0 bridgehead atoms. The second kappa shape index (κ2) is 5.83. The minimum Gasteiger partial charge on any atom is -0.481 e. The Morgan fingerprint density at radius 2 is 2.27 bits per heavy atom. The number of carbonyl (C=O) groups excluding carboxylic acids is 1. The van der Waals surface area contributed by atoms with E-state index >= 15 is 0 Å². The summed E-state index contributed by atoms with van der Waals surface area (Å²) in [5.74, 6) is -1.36. The third kappa shape index (κ3) is 2.36. The number of hydrogen-bond donors (Lipinski definition) is 2. The Hall–Kier alpha value is -2.30. The van der Waals surface area contributed by atoms with Gasteiger partial charge in [-0.05, 0) is 43.0 Å². The first-order chi connectivity index (χ1) is 10.6. The molecule has 0 radical (unpaired) electrons. The molecule has 116 valence electrons. The maximum atomic E-state index is 12.8. The molecule has 22 heavy (non-hydrogen) atoms. The van der Waals surface area contributed by atoms with Crippen molar-refractivity contribution in [3.8, 4) is 0 Å². The number of carboxylic acid groups (broad SMARTS) is 1. The van der Waals surface area contributed by atoms with Crippen LogP contribution in [-0.2, 0) is 17.8 Å². The highest BCUT2D eigenvalue weighted by Crippen LogP contribution is 2.33. The zero-order valence-electron chi connectivity index (χ0n) is 12.6. The molecule has 1 aliphatic rings. The number of rotatable bonds is 5. The smallest absolute Gasteiger partial charge is 0.312 e. The monoisotopic (exact) mass is 300 g/mol. The van der Waals surface area contributed by atoms with E-state index in [1.54, 1.807) is 18.3 Å². The molecule has 5 nitrogen and oxygen atoms in total. The number of aromatic nitrogens is 2. The van der Waals surface area contributed by atoms with E-state index in [-0.39, 0.29) is 5.78 Å². The average molecular weight is 300 g/mol. The number of ketones is 1. The van der Waals surface area contributed by atoms with Crippen LogP contribution in [0.2, 0.25) is 0 Å². The van der Waals surface area contributed by atoms with E-state index in [0.29, 0.717) is 24.4 Å². The fourth-order valence-electron chi connectivity index (χ4n) is 3.34. The molecule has 1 aliphatic heterocycles. The minimum atomic E-state index is -0.805. The SMILES string of the molecule is CCCc1cc2n(c1C(=O)c1ccc[nH]1)CCCC2C(=O)O. The number of nitrogens with one attached hydrogen (secondary N) is 1. The van der Waals surface area contributed by atoms with Crippen molar-refractivity contribution in [2.45, 2.75) is 45.1 Å². The molecule has 1 unspecified atom stereocenters. The molecular formula is C17H20N2O3. The highest BCUT2D eigenvalue weighted by atomic mass is 16.4. The normalized spacial score (nSPS) is 17.2. The number of H-pyrrole nitrogens is 1. The van der Waals surface area contributed by atoms with Crippen LogP contribution in [0.5, 0.6) is 0 Å². The summed E-state index contributed by atoms with van der Waals surface area (Å²) < 4.78 is 1.93. The van der Waals surface area contributed by atoms with Crippen molar-refractivity contribution < 1.29 is 14.7 Å².